The molecule has 2 fully saturated rings. The first-order valence-corrected chi connectivity index (χ1v) is 9.84. The Kier molecular flexibility index (Phi) is 11.3. The second-order valence-corrected chi connectivity index (χ2v) is 7.60. The third kappa shape index (κ3) is 9.65. The molecule has 0 spiro atoms. The zero-order valence-electron chi connectivity index (χ0n) is 16.5. The first-order valence-electron chi connectivity index (χ1n) is 9.84. The summed E-state index contributed by atoms with van der Waals surface area (Å²) in [5.74, 6) is 0.682. The minimum atomic E-state index is -4.15. The molecule has 0 radical (unpaired) electrons. The van der Waals surface area contributed by atoms with Gasteiger partial charge in [0.1, 0.15) is 0 Å². The minimum absolute atomic E-state index is 0. The summed E-state index contributed by atoms with van der Waals surface area (Å²) < 4.78 is 37.0. The van der Waals surface area contributed by atoms with Crippen LogP contribution in [0.3, 0.4) is 0 Å². The Labute approximate surface area is 178 Å². The SMILES string of the molecule is CN=C(NCCN(C)CC(F)(F)F)NC1CCN(C2CCCCC2)CC1.I. The van der Waals surface area contributed by atoms with Gasteiger partial charge in [-0.25, -0.2) is 0 Å². The highest BCUT2D eigenvalue weighted by atomic mass is 127. The summed E-state index contributed by atoms with van der Waals surface area (Å²) in [6, 6.07) is 1.15. The average Bonchev–Trinajstić information content (AvgIpc) is 2.60. The van der Waals surface area contributed by atoms with Gasteiger partial charge in [0.15, 0.2) is 5.96 Å². The standard InChI is InChI=1S/C18H34F3N5.HI/c1-22-17(23-10-13-25(2)14-18(19,20)21)24-15-8-11-26(12-9-15)16-6-4-3-5-7-16;/h15-16H,3-14H2,1-2H3,(H2,22,23,24);1H. The van der Waals surface area contributed by atoms with Crippen LogP contribution in [0.25, 0.3) is 0 Å². The second kappa shape index (κ2) is 12.3. The van der Waals surface area contributed by atoms with Crippen molar-refractivity contribution in [1.82, 2.24) is 20.4 Å². The maximum atomic E-state index is 12.3. The van der Waals surface area contributed by atoms with Gasteiger partial charge in [-0.3, -0.25) is 9.89 Å². The van der Waals surface area contributed by atoms with Crippen molar-refractivity contribution < 1.29 is 13.2 Å². The maximum Gasteiger partial charge on any atom is 0.401 e. The highest BCUT2D eigenvalue weighted by molar-refractivity contribution is 14.0. The Morgan fingerprint density at radius 1 is 1.11 bits per heavy atom. The number of hydrogen-bond acceptors (Lipinski definition) is 3. The number of nitrogens with zero attached hydrogens (tertiary/aromatic N) is 3. The van der Waals surface area contributed by atoms with Crippen molar-refractivity contribution in [3.8, 4) is 0 Å². The van der Waals surface area contributed by atoms with Gasteiger partial charge in [0.25, 0.3) is 0 Å². The number of guanidine groups is 1. The van der Waals surface area contributed by atoms with Crippen molar-refractivity contribution in [1.29, 1.82) is 0 Å². The number of halogens is 4. The molecule has 1 saturated carbocycles. The molecule has 2 N–H and O–H groups in total. The Hall–Kier alpha value is -0.290. The highest BCUT2D eigenvalue weighted by Gasteiger charge is 2.29. The highest BCUT2D eigenvalue weighted by Crippen LogP contribution is 2.25. The van der Waals surface area contributed by atoms with E-state index in [-0.39, 0.29) is 24.0 Å². The molecule has 0 bridgehead atoms. The van der Waals surface area contributed by atoms with Crippen LogP contribution in [0.1, 0.15) is 44.9 Å². The maximum absolute atomic E-state index is 12.3. The van der Waals surface area contributed by atoms with Crippen LogP contribution in [0.2, 0.25) is 0 Å². The van der Waals surface area contributed by atoms with E-state index in [0.29, 0.717) is 25.1 Å². The van der Waals surface area contributed by atoms with Gasteiger partial charge in [-0.2, -0.15) is 13.2 Å². The molecule has 0 unspecified atom stereocenters. The first-order chi connectivity index (χ1) is 12.4. The van der Waals surface area contributed by atoms with Crippen LogP contribution in [-0.4, -0.2) is 80.8 Å². The molecule has 0 amide bonds. The van der Waals surface area contributed by atoms with Gasteiger partial charge in [0.2, 0.25) is 0 Å². The normalized spacial score (nSPS) is 21.2. The van der Waals surface area contributed by atoms with E-state index in [9.17, 15) is 13.2 Å². The molecule has 0 aromatic rings. The number of likely N-dealkylation sites (N-methyl/N-ethyl adjacent to an activating group) is 1. The van der Waals surface area contributed by atoms with Gasteiger partial charge in [0.05, 0.1) is 6.54 Å². The summed E-state index contributed by atoms with van der Waals surface area (Å²) in [4.78, 5) is 8.11. The Balaban J connectivity index is 0.00000364. The molecule has 1 aliphatic carbocycles. The predicted molar refractivity (Wildman–Crippen MR) is 115 cm³/mol. The van der Waals surface area contributed by atoms with E-state index >= 15 is 0 Å². The van der Waals surface area contributed by atoms with E-state index in [4.69, 9.17) is 0 Å². The first kappa shape index (κ1) is 24.7. The summed E-state index contributed by atoms with van der Waals surface area (Å²) in [6.45, 7) is 2.11. The number of piperidine rings is 1. The predicted octanol–water partition coefficient (Wildman–Crippen LogP) is 3.06. The monoisotopic (exact) mass is 505 g/mol. The van der Waals surface area contributed by atoms with E-state index in [1.54, 1.807) is 7.05 Å². The van der Waals surface area contributed by atoms with Crippen molar-refractivity contribution in [2.45, 2.75) is 63.2 Å². The van der Waals surface area contributed by atoms with Crippen LogP contribution >= 0.6 is 24.0 Å². The van der Waals surface area contributed by atoms with Crippen molar-refractivity contribution in [2.24, 2.45) is 4.99 Å². The fourth-order valence-electron chi connectivity index (χ4n) is 3.99. The van der Waals surface area contributed by atoms with Gasteiger partial charge in [-0.15, -0.1) is 24.0 Å². The molecule has 2 aliphatic rings. The second-order valence-electron chi connectivity index (χ2n) is 7.60. The summed E-state index contributed by atoms with van der Waals surface area (Å²) >= 11 is 0. The number of likely N-dealkylation sites (tertiary alicyclic amines) is 1. The summed E-state index contributed by atoms with van der Waals surface area (Å²) in [6.07, 6.45) is 4.82. The Morgan fingerprint density at radius 3 is 2.30 bits per heavy atom. The van der Waals surface area contributed by atoms with Crippen LogP contribution in [0.15, 0.2) is 4.99 Å². The summed E-state index contributed by atoms with van der Waals surface area (Å²) in [7, 11) is 3.18. The van der Waals surface area contributed by atoms with Crippen molar-refractivity contribution in [3.63, 3.8) is 0 Å². The fraction of sp³-hybridized carbons (Fsp3) is 0.944. The van der Waals surface area contributed by atoms with Crippen LogP contribution in [0.4, 0.5) is 13.2 Å². The lowest BCUT2D eigenvalue weighted by atomic mass is 9.92. The molecule has 9 heteroatoms. The molecule has 1 saturated heterocycles. The summed E-state index contributed by atoms with van der Waals surface area (Å²) in [5.41, 5.74) is 0. The molecule has 2 rings (SSSR count). The number of hydrogen-bond donors (Lipinski definition) is 2. The third-order valence-electron chi connectivity index (χ3n) is 5.42. The number of nitrogens with one attached hydrogen (secondary N) is 2. The van der Waals surface area contributed by atoms with Crippen LogP contribution in [0, 0.1) is 0 Å². The number of rotatable bonds is 6. The Morgan fingerprint density at radius 2 is 1.74 bits per heavy atom. The van der Waals surface area contributed by atoms with E-state index in [2.05, 4.69) is 20.5 Å². The van der Waals surface area contributed by atoms with Crippen LogP contribution in [0.5, 0.6) is 0 Å². The van der Waals surface area contributed by atoms with Crippen LogP contribution in [-0.2, 0) is 0 Å². The molecule has 0 aromatic carbocycles. The molecular weight excluding hydrogens is 470 g/mol. The van der Waals surface area contributed by atoms with Gasteiger partial charge < -0.3 is 15.5 Å². The van der Waals surface area contributed by atoms with Crippen molar-refractivity contribution in [2.75, 3.05) is 46.8 Å². The third-order valence-corrected chi connectivity index (χ3v) is 5.42. The lowest BCUT2D eigenvalue weighted by molar-refractivity contribution is -0.142. The van der Waals surface area contributed by atoms with Gasteiger partial charge in [-0.05, 0) is 32.7 Å². The van der Waals surface area contributed by atoms with Crippen molar-refractivity contribution >= 4 is 29.9 Å². The zero-order chi connectivity index (χ0) is 19.0. The van der Waals surface area contributed by atoms with Gasteiger partial charge in [-0.1, -0.05) is 19.3 Å². The number of alkyl halides is 3. The minimum Gasteiger partial charge on any atom is -0.355 e. The van der Waals surface area contributed by atoms with E-state index < -0.39 is 12.7 Å². The molecule has 27 heavy (non-hydrogen) atoms. The Bertz CT molecular complexity index is 433. The molecule has 0 aromatic heterocycles. The number of aliphatic imine (C=N–C) groups is 1. The zero-order valence-corrected chi connectivity index (χ0v) is 18.9. The van der Waals surface area contributed by atoms with E-state index in [1.807, 2.05) is 0 Å². The topological polar surface area (TPSA) is 42.9 Å². The van der Waals surface area contributed by atoms with Gasteiger partial charge in [0, 0.05) is 45.3 Å². The molecular formula is C18H35F3IN5. The molecule has 160 valence electrons. The van der Waals surface area contributed by atoms with Crippen molar-refractivity contribution in [3.05, 3.63) is 0 Å². The van der Waals surface area contributed by atoms with Crippen LogP contribution < -0.4 is 10.6 Å². The summed E-state index contributed by atoms with van der Waals surface area (Å²) in [5, 5.41) is 6.55. The largest absolute Gasteiger partial charge is 0.401 e. The molecule has 0 atom stereocenters. The average molecular weight is 505 g/mol. The molecule has 5 nitrogen and oxygen atoms in total. The molecule has 1 aliphatic heterocycles. The lowest BCUT2D eigenvalue weighted by Gasteiger charge is -2.39. The lowest BCUT2D eigenvalue weighted by Crippen LogP contribution is -2.51. The van der Waals surface area contributed by atoms with E-state index in [0.717, 1.165) is 32.0 Å². The smallest absolute Gasteiger partial charge is 0.355 e. The fourth-order valence-corrected chi connectivity index (χ4v) is 3.99. The van der Waals surface area contributed by atoms with Gasteiger partial charge >= 0.3 is 6.18 Å². The van der Waals surface area contributed by atoms with E-state index in [1.165, 1.54) is 44.1 Å². The quantitative estimate of drug-likeness (QED) is 0.331. The molecule has 1 heterocycles.